The van der Waals surface area contributed by atoms with Crippen LogP contribution in [0.5, 0.6) is 0 Å². The molecule has 1 heterocycles. The normalized spacial score (nSPS) is 13.5. The summed E-state index contributed by atoms with van der Waals surface area (Å²) in [5.41, 5.74) is 10.8. The largest absolute Gasteiger partial charge is 0.374 e. The molecule has 132 valence electrons. The van der Waals surface area contributed by atoms with Gasteiger partial charge in [0.2, 0.25) is 11.0 Å². The van der Waals surface area contributed by atoms with E-state index in [1.807, 2.05) is 0 Å². The van der Waals surface area contributed by atoms with Gasteiger partial charge in [-0.25, -0.2) is 0 Å². The summed E-state index contributed by atoms with van der Waals surface area (Å²) < 4.78 is 0. The summed E-state index contributed by atoms with van der Waals surface area (Å²) in [6.45, 7) is 0.365. The minimum atomic E-state index is 0.00952. The number of nitrogen functional groups attached to an aromatic ring is 1. The SMILES string of the molecule is Nc1nnc(CNC(=O)CC2c3ccccc3CCc3ccccc32)s1. The molecule has 1 amide bonds. The minimum Gasteiger partial charge on any atom is -0.374 e. The molecular weight excluding hydrogens is 344 g/mol. The highest BCUT2D eigenvalue weighted by Gasteiger charge is 2.25. The summed E-state index contributed by atoms with van der Waals surface area (Å²) in [6, 6.07) is 16.9. The zero-order valence-corrected chi connectivity index (χ0v) is 15.1. The molecule has 4 rings (SSSR count). The van der Waals surface area contributed by atoms with Crippen LogP contribution < -0.4 is 11.1 Å². The molecule has 2 aromatic carbocycles. The van der Waals surface area contributed by atoms with E-state index in [4.69, 9.17) is 5.73 Å². The third-order valence-electron chi connectivity index (χ3n) is 4.83. The highest BCUT2D eigenvalue weighted by Crippen LogP contribution is 2.36. The van der Waals surface area contributed by atoms with Gasteiger partial charge in [0.25, 0.3) is 0 Å². The molecule has 3 aromatic rings. The maximum Gasteiger partial charge on any atom is 0.221 e. The van der Waals surface area contributed by atoms with Gasteiger partial charge in [-0.15, -0.1) is 10.2 Å². The Labute approximate surface area is 156 Å². The van der Waals surface area contributed by atoms with Gasteiger partial charge in [0.1, 0.15) is 5.01 Å². The number of hydrogen-bond acceptors (Lipinski definition) is 5. The van der Waals surface area contributed by atoms with Crippen LogP contribution in [0.4, 0.5) is 5.13 Å². The Hall–Kier alpha value is -2.73. The van der Waals surface area contributed by atoms with Gasteiger partial charge in [0.15, 0.2) is 0 Å². The van der Waals surface area contributed by atoms with Crippen molar-refractivity contribution < 1.29 is 4.79 Å². The van der Waals surface area contributed by atoms with E-state index in [1.165, 1.54) is 33.6 Å². The zero-order chi connectivity index (χ0) is 17.9. The van der Waals surface area contributed by atoms with Crippen molar-refractivity contribution in [3.05, 3.63) is 75.8 Å². The van der Waals surface area contributed by atoms with E-state index in [0.29, 0.717) is 18.1 Å². The standard InChI is InChI=1S/C20H20N4OS/c21-20-24-23-19(26-20)12-22-18(25)11-17-15-7-3-1-5-13(15)9-10-14-6-2-4-8-16(14)17/h1-8,17H,9-12H2,(H2,21,24)(H,22,25). The number of carbonyl (C=O) groups is 1. The van der Waals surface area contributed by atoms with Gasteiger partial charge in [-0.1, -0.05) is 59.9 Å². The first-order valence-electron chi connectivity index (χ1n) is 8.71. The average molecular weight is 364 g/mol. The summed E-state index contributed by atoms with van der Waals surface area (Å²) in [5, 5.41) is 11.8. The second-order valence-electron chi connectivity index (χ2n) is 6.47. The Balaban J connectivity index is 1.57. The van der Waals surface area contributed by atoms with Gasteiger partial charge in [0.05, 0.1) is 6.54 Å². The Kier molecular flexibility index (Phi) is 4.67. The predicted molar refractivity (Wildman–Crippen MR) is 103 cm³/mol. The van der Waals surface area contributed by atoms with E-state index in [9.17, 15) is 4.79 Å². The second-order valence-corrected chi connectivity index (χ2v) is 7.56. The van der Waals surface area contributed by atoms with Crippen molar-refractivity contribution in [2.24, 2.45) is 0 Å². The molecule has 0 bridgehead atoms. The molecule has 0 aliphatic heterocycles. The summed E-state index contributed by atoms with van der Waals surface area (Å²) >= 11 is 1.30. The van der Waals surface area contributed by atoms with Gasteiger partial charge in [0, 0.05) is 12.3 Å². The molecule has 1 aromatic heterocycles. The van der Waals surface area contributed by atoms with Crippen LogP contribution in [-0.4, -0.2) is 16.1 Å². The first-order chi connectivity index (χ1) is 12.7. The highest BCUT2D eigenvalue weighted by atomic mass is 32.1. The zero-order valence-electron chi connectivity index (χ0n) is 14.3. The fourth-order valence-corrected chi connectivity index (χ4v) is 4.18. The molecule has 0 saturated carbocycles. The Morgan fingerprint density at radius 3 is 2.23 bits per heavy atom. The monoisotopic (exact) mass is 364 g/mol. The summed E-state index contributed by atoms with van der Waals surface area (Å²) in [5.74, 6) is 0.0830. The van der Waals surface area contributed by atoms with E-state index < -0.39 is 0 Å². The van der Waals surface area contributed by atoms with Crippen LogP contribution in [0, 0.1) is 0 Å². The van der Waals surface area contributed by atoms with E-state index in [0.717, 1.165) is 17.8 Å². The third kappa shape index (κ3) is 3.46. The van der Waals surface area contributed by atoms with Crippen molar-refractivity contribution in [3.8, 4) is 0 Å². The van der Waals surface area contributed by atoms with Gasteiger partial charge in [-0.2, -0.15) is 0 Å². The molecule has 0 saturated heterocycles. The van der Waals surface area contributed by atoms with Gasteiger partial charge in [-0.3, -0.25) is 4.79 Å². The fourth-order valence-electron chi connectivity index (χ4n) is 3.63. The molecule has 26 heavy (non-hydrogen) atoms. The fraction of sp³-hybridized carbons (Fsp3) is 0.250. The number of nitrogens with two attached hydrogens (primary N) is 1. The number of rotatable bonds is 4. The van der Waals surface area contributed by atoms with Crippen molar-refractivity contribution in [2.75, 3.05) is 5.73 Å². The number of nitrogens with one attached hydrogen (secondary N) is 1. The lowest BCUT2D eigenvalue weighted by atomic mass is 9.85. The number of aryl methyl sites for hydroxylation is 2. The van der Waals surface area contributed by atoms with Gasteiger partial charge in [-0.05, 0) is 35.1 Å². The number of anilines is 1. The van der Waals surface area contributed by atoms with Crippen molar-refractivity contribution in [3.63, 3.8) is 0 Å². The van der Waals surface area contributed by atoms with E-state index in [2.05, 4.69) is 64.0 Å². The highest BCUT2D eigenvalue weighted by molar-refractivity contribution is 7.15. The maximum absolute atomic E-state index is 12.6. The van der Waals surface area contributed by atoms with Gasteiger partial charge < -0.3 is 11.1 Å². The van der Waals surface area contributed by atoms with Crippen LogP contribution in [0.2, 0.25) is 0 Å². The molecule has 3 N–H and O–H groups in total. The second kappa shape index (κ2) is 7.25. The summed E-state index contributed by atoms with van der Waals surface area (Å²) in [4.78, 5) is 12.6. The Morgan fingerprint density at radius 1 is 1.04 bits per heavy atom. The van der Waals surface area contributed by atoms with Gasteiger partial charge >= 0.3 is 0 Å². The molecule has 1 aliphatic rings. The quantitative estimate of drug-likeness (QED) is 0.745. The topological polar surface area (TPSA) is 80.9 Å². The molecule has 0 radical (unpaired) electrons. The van der Waals surface area contributed by atoms with Crippen molar-refractivity contribution >= 4 is 22.4 Å². The van der Waals surface area contributed by atoms with Crippen LogP contribution in [0.3, 0.4) is 0 Å². The molecule has 0 fully saturated rings. The molecule has 6 heteroatoms. The Morgan fingerprint density at radius 2 is 1.65 bits per heavy atom. The number of nitrogens with zero attached hydrogens (tertiary/aromatic N) is 2. The van der Waals surface area contributed by atoms with Crippen molar-refractivity contribution in [1.82, 2.24) is 15.5 Å². The van der Waals surface area contributed by atoms with E-state index >= 15 is 0 Å². The lowest BCUT2D eigenvalue weighted by molar-refractivity contribution is -0.121. The number of aromatic nitrogens is 2. The van der Waals surface area contributed by atoms with E-state index in [-0.39, 0.29) is 11.8 Å². The summed E-state index contributed by atoms with van der Waals surface area (Å²) in [7, 11) is 0. The number of benzene rings is 2. The van der Waals surface area contributed by atoms with Crippen molar-refractivity contribution in [2.45, 2.75) is 31.7 Å². The smallest absolute Gasteiger partial charge is 0.221 e. The van der Waals surface area contributed by atoms with Crippen LogP contribution >= 0.6 is 11.3 Å². The third-order valence-corrected chi connectivity index (χ3v) is 5.59. The molecule has 0 unspecified atom stereocenters. The number of amides is 1. The molecule has 0 spiro atoms. The summed E-state index contributed by atoms with van der Waals surface area (Å²) in [6.07, 6.45) is 2.44. The molecule has 0 atom stereocenters. The molecular formula is C20H20N4OS. The lowest BCUT2D eigenvalue weighted by Gasteiger charge is -2.20. The van der Waals surface area contributed by atoms with E-state index in [1.54, 1.807) is 0 Å². The Bertz CT molecular complexity index is 889. The van der Waals surface area contributed by atoms with Crippen LogP contribution in [0.15, 0.2) is 48.5 Å². The molecule has 5 nitrogen and oxygen atoms in total. The number of fused-ring (bicyclic) bond motifs is 2. The lowest BCUT2D eigenvalue weighted by Crippen LogP contribution is -2.25. The first kappa shape index (κ1) is 16.7. The average Bonchev–Trinajstić information content (AvgIpc) is 3.02. The van der Waals surface area contributed by atoms with Crippen LogP contribution in [-0.2, 0) is 24.2 Å². The van der Waals surface area contributed by atoms with Crippen LogP contribution in [0.1, 0.15) is 39.6 Å². The number of carbonyl (C=O) groups excluding carboxylic acids is 1. The maximum atomic E-state index is 12.6. The first-order valence-corrected chi connectivity index (χ1v) is 9.52. The molecule has 1 aliphatic carbocycles. The van der Waals surface area contributed by atoms with Crippen LogP contribution in [0.25, 0.3) is 0 Å². The minimum absolute atomic E-state index is 0.00952. The number of hydrogen-bond donors (Lipinski definition) is 2. The predicted octanol–water partition coefficient (Wildman–Crippen LogP) is 3.06. The van der Waals surface area contributed by atoms with Crippen molar-refractivity contribution in [1.29, 1.82) is 0 Å².